The first kappa shape index (κ1) is 22.0. The summed E-state index contributed by atoms with van der Waals surface area (Å²) in [7, 11) is 0. The number of amides is 2. The SMILES string of the molecule is CC(S)N[C@H](C(=O)N[C@@H](C)C(=O)Nc1ccc(COC=O)cc1)C(C)C. The maximum absolute atomic E-state index is 12.4. The minimum atomic E-state index is -0.696. The Balaban J connectivity index is 2.60. The Morgan fingerprint density at radius 3 is 2.23 bits per heavy atom. The highest BCUT2D eigenvalue weighted by atomic mass is 32.1. The summed E-state index contributed by atoms with van der Waals surface area (Å²) in [4.78, 5) is 34.9. The number of ether oxygens (including phenoxy) is 1. The molecular formula is C18H27N3O4S. The predicted molar refractivity (Wildman–Crippen MR) is 104 cm³/mol. The molecule has 0 saturated heterocycles. The molecule has 3 atom stereocenters. The molecule has 0 bridgehead atoms. The number of hydrogen-bond donors (Lipinski definition) is 4. The normalized spacial score (nSPS) is 14.2. The third-order valence-corrected chi connectivity index (χ3v) is 3.81. The molecule has 7 nitrogen and oxygen atoms in total. The molecular weight excluding hydrogens is 354 g/mol. The first-order chi connectivity index (χ1) is 12.2. The van der Waals surface area contributed by atoms with Crippen LogP contribution in [-0.4, -0.2) is 35.7 Å². The smallest absolute Gasteiger partial charge is 0.293 e. The third-order valence-electron chi connectivity index (χ3n) is 3.66. The van der Waals surface area contributed by atoms with Crippen molar-refractivity contribution in [2.24, 2.45) is 5.92 Å². The lowest BCUT2D eigenvalue weighted by Gasteiger charge is -2.25. The highest BCUT2D eigenvalue weighted by molar-refractivity contribution is 7.80. The van der Waals surface area contributed by atoms with Gasteiger partial charge in [-0.1, -0.05) is 26.0 Å². The van der Waals surface area contributed by atoms with E-state index in [9.17, 15) is 14.4 Å². The van der Waals surface area contributed by atoms with Gasteiger partial charge in [0, 0.05) is 11.1 Å². The second kappa shape index (κ2) is 10.8. The lowest BCUT2D eigenvalue weighted by molar-refractivity contribution is -0.129. The fourth-order valence-corrected chi connectivity index (χ4v) is 2.43. The van der Waals surface area contributed by atoms with Crippen LogP contribution in [0.5, 0.6) is 0 Å². The van der Waals surface area contributed by atoms with Crippen molar-refractivity contribution in [3.8, 4) is 0 Å². The minimum absolute atomic E-state index is 0.0565. The molecule has 2 amide bonds. The molecule has 0 aromatic heterocycles. The Morgan fingerprint density at radius 2 is 1.73 bits per heavy atom. The van der Waals surface area contributed by atoms with Crippen LogP contribution in [0.2, 0.25) is 0 Å². The van der Waals surface area contributed by atoms with Crippen LogP contribution in [0.15, 0.2) is 24.3 Å². The number of thiol groups is 1. The predicted octanol–water partition coefficient (Wildman–Crippen LogP) is 1.69. The van der Waals surface area contributed by atoms with Crippen LogP contribution in [0.3, 0.4) is 0 Å². The van der Waals surface area contributed by atoms with E-state index in [2.05, 4.69) is 33.3 Å². The lowest BCUT2D eigenvalue weighted by atomic mass is 10.0. The number of carbonyl (C=O) groups is 3. The van der Waals surface area contributed by atoms with Gasteiger partial charge in [0.25, 0.3) is 6.47 Å². The van der Waals surface area contributed by atoms with Crippen molar-refractivity contribution in [3.63, 3.8) is 0 Å². The van der Waals surface area contributed by atoms with Gasteiger partial charge in [0.1, 0.15) is 12.6 Å². The van der Waals surface area contributed by atoms with Gasteiger partial charge < -0.3 is 15.4 Å². The molecule has 1 aromatic rings. The summed E-state index contributed by atoms with van der Waals surface area (Å²) in [6.07, 6.45) is 0. The fourth-order valence-electron chi connectivity index (χ4n) is 2.26. The molecule has 0 aliphatic rings. The summed E-state index contributed by atoms with van der Waals surface area (Å²) in [6.45, 7) is 7.87. The Kier molecular flexibility index (Phi) is 9.15. The average Bonchev–Trinajstić information content (AvgIpc) is 2.58. The lowest BCUT2D eigenvalue weighted by Crippen LogP contribution is -2.53. The van der Waals surface area contributed by atoms with Crippen LogP contribution in [0.1, 0.15) is 33.3 Å². The van der Waals surface area contributed by atoms with Crippen molar-refractivity contribution < 1.29 is 19.1 Å². The summed E-state index contributed by atoms with van der Waals surface area (Å²) >= 11 is 4.25. The first-order valence-electron chi connectivity index (χ1n) is 8.44. The first-order valence-corrected chi connectivity index (χ1v) is 8.95. The highest BCUT2D eigenvalue weighted by Gasteiger charge is 2.25. The van der Waals surface area contributed by atoms with E-state index in [0.29, 0.717) is 12.2 Å². The van der Waals surface area contributed by atoms with Gasteiger partial charge in [-0.15, -0.1) is 0 Å². The van der Waals surface area contributed by atoms with E-state index in [4.69, 9.17) is 0 Å². The summed E-state index contributed by atoms with van der Waals surface area (Å²) in [6, 6.07) is 5.77. The summed E-state index contributed by atoms with van der Waals surface area (Å²) in [5.41, 5.74) is 1.40. The Bertz CT molecular complexity index is 605. The molecule has 0 aliphatic heterocycles. The van der Waals surface area contributed by atoms with Crippen molar-refractivity contribution in [3.05, 3.63) is 29.8 Å². The zero-order chi connectivity index (χ0) is 19.7. The number of carbonyl (C=O) groups excluding carboxylic acids is 3. The zero-order valence-corrected chi connectivity index (χ0v) is 16.4. The molecule has 0 aliphatic carbocycles. The number of hydrogen-bond acceptors (Lipinski definition) is 6. The van der Waals surface area contributed by atoms with Crippen LogP contribution in [0.4, 0.5) is 5.69 Å². The molecule has 1 aromatic carbocycles. The monoisotopic (exact) mass is 381 g/mol. The number of benzene rings is 1. The average molecular weight is 381 g/mol. The van der Waals surface area contributed by atoms with Gasteiger partial charge >= 0.3 is 0 Å². The van der Waals surface area contributed by atoms with E-state index in [0.717, 1.165) is 5.56 Å². The molecule has 1 unspecified atom stereocenters. The van der Waals surface area contributed by atoms with E-state index in [1.165, 1.54) is 0 Å². The van der Waals surface area contributed by atoms with Gasteiger partial charge in [0.05, 0.1) is 6.04 Å². The Morgan fingerprint density at radius 1 is 1.12 bits per heavy atom. The van der Waals surface area contributed by atoms with Gasteiger partial charge in [0.15, 0.2) is 0 Å². The molecule has 0 radical (unpaired) electrons. The molecule has 8 heteroatoms. The van der Waals surface area contributed by atoms with Crippen LogP contribution in [0.25, 0.3) is 0 Å². The van der Waals surface area contributed by atoms with Gasteiger partial charge in [-0.05, 0) is 37.5 Å². The van der Waals surface area contributed by atoms with Gasteiger partial charge in [0.2, 0.25) is 11.8 Å². The Hall–Kier alpha value is -2.06. The van der Waals surface area contributed by atoms with Crippen molar-refractivity contribution in [1.29, 1.82) is 0 Å². The molecule has 0 spiro atoms. The highest BCUT2D eigenvalue weighted by Crippen LogP contribution is 2.11. The molecule has 0 heterocycles. The molecule has 1 rings (SSSR count). The van der Waals surface area contributed by atoms with E-state index in [1.54, 1.807) is 31.2 Å². The summed E-state index contributed by atoms with van der Waals surface area (Å²) < 4.78 is 4.66. The molecule has 0 fully saturated rings. The van der Waals surface area contributed by atoms with Crippen molar-refractivity contribution >= 4 is 36.6 Å². The molecule has 0 saturated carbocycles. The van der Waals surface area contributed by atoms with Crippen LogP contribution >= 0.6 is 12.6 Å². The van der Waals surface area contributed by atoms with Gasteiger partial charge in [-0.25, -0.2) is 0 Å². The summed E-state index contributed by atoms with van der Waals surface area (Å²) in [5.74, 6) is -0.512. The van der Waals surface area contributed by atoms with E-state index >= 15 is 0 Å². The quantitative estimate of drug-likeness (QED) is 0.281. The molecule has 26 heavy (non-hydrogen) atoms. The van der Waals surface area contributed by atoms with Crippen molar-refractivity contribution in [1.82, 2.24) is 10.6 Å². The fraction of sp³-hybridized carbons (Fsp3) is 0.500. The van der Waals surface area contributed by atoms with E-state index < -0.39 is 12.1 Å². The summed E-state index contributed by atoms with van der Waals surface area (Å²) in [5, 5.41) is 8.40. The van der Waals surface area contributed by atoms with E-state index in [-0.39, 0.29) is 29.7 Å². The van der Waals surface area contributed by atoms with Crippen LogP contribution in [0, 0.1) is 5.92 Å². The minimum Gasteiger partial charge on any atom is -0.463 e. The zero-order valence-electron chi connectivity index (χ0n) is 15.5. The van der Waals surface area contributed by atoms with E-state index in [1.807, 2.05) is 20.8 Å². The maximum atomic E-state index is 12.4. The topological polar surface area (TPSA) is 96.5 Å². The number of nitrogens with one attached hydrogen (secondary N) is 3. The molecule has 144 valence electrons. The maximum Gasteiger partial charge on any atom is 0.293 e. The van der Waals surface area contributed by atoms with Crippen molar-refractivity contribution in [2.45, 2.75) is 51.8 Å². The largest absolute Gasteiger partial charge is 0.463 e. The third kappa shape index (κ3) is 7.45. The van der Waals surface area contributed by atoms with Crippen LogP contribution in [-0.2, 0) is 25.7 Å². The second-order valence-electron chi connectivity index (χ2n) is 6.39. The van der Waals surface area contributed by atoms with Crippen LogP contribution < -0.4 is 16.0 Å². The number of anilines is 1. The van der Waals surface area contributed by atoms with Gasteiger partial charge in [-0.2, -0.15) is 12.6 Å². The standard InChI is InChI=1S/C18H27N3O4S/c1-11(2)16(20-13(4)26)18(24)19-12(3)17(23)21-15-7-5-14(6-8-15)9-25-10-22/h5-8,10-13,16,20,26H,9H2,1-4H3,(H,19,24)(H,21,23)/t12-,13?,16-/m0/s1. The Labute approximate surface area is 159 Å². The second-order valence-corrected chi connectivity index (χ2v) is 7.16. The number of rotatable bonds is 10. The van der Waals surface area contributed by atoms with Gasteiger partial charge in [-0.3, -0.25) is 19.7 Å². The van der Waals surface area contributed by atoms with Crippen molar-refractivity contribution in [2.75, 3.05) is 5.32 Å². The molecule has 3 N–H and O–H groups in total.